The van der Waals surface area contributed by atoms with E-state index < -0.39 is 18.1 Å². The average molecular weight is 383 g/mol. The Hall–Kier alpha value is -2.32. The minimum absolute atomic E-state index is 0.226. The van der Waals surface area contributed by atoms with E-state index in [1.165, 1.54) is 38.3 Å². The summed E-state index contributed by atoms with van der Waals surface area (Å²) in [5.41, 5.74) is 10.4. The van der Waals surface area contributed by atoms with Gasteiger partial charge in [-0.2, -0.15) is 0 Å². The van der Waals surface area contributed by atoms with Crippen LogP contribution in [0.3, 0.4) is 0 Å². The second kappa shape index (κ2) is 12.1. The van der Waals surface area contributed by atoms with Gasteiger partial charge in [0.15, 0.2) is 0 Å². The van der Waals surface area contributed by atoms with Crippen LogP contribution in [-0.2, 0) is 10.2 Å². The van der Waals surface area contributed by atoms with E-state index in [1.54, 1.807) is 6.07 Å². The van der Waals surface area contributed by atoms with E-state index in [4.69, 9.17) is 20.7 Å². The summed E-state index contributed by atoms with van der Waals surface area (Å²) in [6.45, 7) is 5.99. The molecule has 0 radical (unpaired) electrons. The van der Waals surface area contributed by atoms with Crippen molar-refractivity contribution >= 4 is 12.1 Å². The average Bonchev–Trinajstić information content (AvgIpc) is 2.77. The molecule has 0 aliphatic carbocycles. The van der Waals surface area contributed by atoms with Gasteiger partial charge in [0.05, 0.1) is 0 Å². The molecule has 2 rings (SSSR count). The number of carbonyl (C=O) groups is 2. The molecular formula is C19H33N3O5. The Morgan fingerprint density at radius 1 is 1.30 bits per heavy atom. The van der Waals surface area contributed by atoms with E-state index in [0.29, 0.717) is 5.75 Å². The predicted molar refractivity (Wildman–Crippen MR) is 105 cm³/mol. The van der Waals surface area contributed by atoms with E-state index in [-0.39, 0.29) is 5.41 Å². The number of primary amides is 1. The topological polar surface area (TPSA) is 150 Å². The molecule has 0 aromatic heterocycles. The second-order valence-electron chi connectivity index (χ2n) is 6.84. The zero-order valence-electron chi connectivity index (χ0n) is 16.4. The third kappa shape index (κ3) is 9.81. The number of phenolic OH excluding ortho intramolecular Hbond substituents is 1. The summed E-state index contributed by atoms with van der Waals surface area (Å²) in [4.78, 5) is 20.8. The number of carboxylic acids is 1. The van der Waals surface area contributed by atoms with Gasteiger partial charge >= 0.3 is 12.1 Å². The highest BCUT2D eigenvalue weighted by Gasteiger charge is 2.33. The van der Waals surface area contributed by atoms with Gasteiger partial charge in [-0.1, -0.05) is 25.5 Å². The van der Waals surface area contributed by atoms with Gasteiger partial charge in [-0.15, -0.1) is 0 Å². The van der Waals surface area contributed by atoms with Crippen LogP contribution in [-0.4, -0.2) is 58.5 Å². The number of nitrogens with zero attached hydrogens (tertiary/aromatic N) is 1. The van der Waals surface area contributed by atoms with Crippen LogP contribution in [0.25, 0.3) is 0 Å². The Kier molecular flexibility index (Phi) is 11.1. The monoisotopic (exact) mass is 383 g/mol. The van der Waals surface area contributed by atoms with Gasteiger partial charge in [0.1, 0.15) is 11.8 Å². The number of phenols is 1. The van der Waals surface area contributed by atoms with Crippen molar-refractivity contribution in [3.8, 4) is 5.75 Å². The molecular weight excluding hydrogens is 350 g/mol. The molecule has 1 fully saturated rings. The van der Waals surface area contributed by atoms with E-state index in [9.17, 15) is 9.90 Å². The number of likely N-dealkylation sites (tertiary alicyclic amines) is 1. The number of carboxylic acid groups (broad SMARTS) is 2. The first-order valence-corrected chi connectivity index (χ1v) is 8.99. The molecule has 27 heavy (non-hydrogen) atoms. The fraction of sp³-hybridized carbons (Fsp3) is 0.579. The molecule has 1 aromatic carbocycles. The lowest BCUT2D eigenvalue weighted by molar-refractivity contribution is -0.138. The Morgan fingerprint density at radius 2 is 1.85 bits per heavy atom. The molecule has 8 nitrogen and oxygen atoms in total. The first kappa shape index (κ1) is 24.7. The first-order chi connectivity index (χ1) is 12.5. The lowest BCUT2D eigenvalue weighted by Gasteiger charge is -2.35. The van der Waals surface area contributed by atoms with E-state index >= 15 is 0 Å². The van der Waals surface area contributed by atoms with Gasteiger partial charge in [-0.25, -0.2) is 4.79 Å². The van der Waals surface area contributed by atoms with Crippen molar-refractivity contribution in [2.24, 2.45) is 11.5 Å². The van der Waals surface area contributed by atoms with Crippen molar-refractivity contribution in [1.82, 2.24) is 4.90 Å². The molecule has 1 heterocycles. The number of benzene rings is 1. The van der Waals surface area contributed by atoms with Crippen LogP contribution in [0.2, 0.25) is 0 Å². The summed E-state index contributed by atoms with van der Waals surface area (Å²) in [6.07, 6.45) is 3.61. The fourth-order valence-electron chi connectivity index (χ4n) is 3.08. The van der Waals surface area contributed by atoms with Crippen molar-refractivity contribution < 1.29 is 24.9 Å². The fourth-order valence-corrected chi connectivity index (χ4v) is 3.08. The summed E-state index contributed by atoms with van der Waals surface area (Å²) >= 11 is 0. The Morgan fingerprint density at radius 3 is 2.30 bits per heavy atom. The van der Waals surface area contributed by atoms with Gasteiger partial charge < -0.3 is 31.7 Å². The highest BCUT2D eigenvalue weighted by atomic mass is 16.4. The van der Waals surface area contributed by atoms with Crippen LogP contribution in [0.5, 0.6) is 5.75 Å². The number of aromatic hydroxyl groups is 1. The third-order valence-electron chi connectivity index (χ3n) is 4.54. The molecule has 0 bridgehead atoms. The second-order valence-corrected chi connectivity index (χ2v) is 6.84. The Balaban J connectivity index is 0.000000564. The summed E-state index contributed by atoms with van der Waals surface area (Å²) in [6, 6.07) is 7.11. The maximum absolute atomic E-state index is 9.68. The van der Waals surface area contributed by atoms with Gasteiger partial charge in [0.25, 0.3) is 0 Å². The lowest BCUT2D eigenvalue weighted by atomic mass is 9.74. The van der Waals surface area contributed by atoms with E-state index in [1.807, 2.05) is 12.1 Å². The molecule has 1 aromatic rings. The van der Waals surface area contributed by atoms with Gasteiger partial charge in [-0.3, -0.25) is 4.79 Å². The van der Waals surface area contributed by atoms with Crippen molar-refractivity contribution in [2.45, 2.75) is 51.0 Å². The molecule has 7 N–H and O–H groups in total. The minimum Gasteiger partial charge on any atom is -0.508 e. The minimum atomic E-state index is -1.33. The molecule has 2 atom stereocenters. The largest absolute Gasteiger partial charge is 0.508 e. The number of rotatable bonds is 3. The van der Waals surface area contributed by atoms with Crippen LogP contribution < -0.4 is 11.5 Å². The third-order valence-corrected chi connectivity index (χ3v) is 4.54. The zero-order valence-corrected chi connectivity index (χ0v) is 16.4. The highest BCUT2D eigenvalue weighted by Crippen LogP contribution is 2.37. The standard InChI is InChI=1S/C15H23NO.C3H7NO2.CH3NO2/c1-3-15(9-4-5-10-16(2)12-15)13-7-6-8-14(17)11-13;1-2(4)3(5)6;2-1(3)4/h6-8,11,17H,3-5,9-10,12H2,1-2H3;2H,4H2,1H3,(H,5,6);2H2,(H,3,4). The summed E-state index contributed by atoms with van der Waals surface area (Å²) < 4.78 is 0. The lowest BCUT2D eigenvalue weighted by Crippen LogP contribution is -2.37. The first-order valence-electron chi connectivity index (χ1n) is 8.99. The van der Waals surface area contributed by atoms with Crippen molar-refractivity contribution in [3.05, 3.63) is 29.8 Å². The molecule has 154 valence electrons. The van der Waals surface area contributed by atoms with Gasteiger partial charge in [0.2, 0.25) is 0 Å². The van der Waals surface area contributed by atoms with Crippen LogP contribution in [0.4, 0.5) is 4.79 Å². The van der Waals surface area contributed by atoms with Crippen LogP contribution in [0.15, 0.2) is 24.3 Å². The van der Waals surface area contributed by atoms with E-state index in [0.717, 1.165) is 13.0 Å². The normalized spacial score (nSPS) is 20.7. The molecule has 1 amide bonds. The maximum Gasteiger partial charge on any atom is 0.402 e. The number of aliphatic carboxylic acids is 1. The SMILES string of the molecule is CC(N)C(=O)O.CCC1(c2cccc(O)c2)CCCCN(C)C1.NC(=O)O. The number of amides is 1. The number of nitrogens with two attached hydrogens (primary N) is 2. The Labute approximate surface area is 160 Å². The molecule has 0 saturated carbocycles. The van der Waals surface area contributed by atoms with E-state index in [2.05, 4.69) is 30.7 Å². The van der Waals surface area contributed by atoms with Crippen LogP contribution in [0, 0.1) is 0 Å². The van der Waals surface area contributed by atoms with Crippen LogP contribution in [0.1, 0.15) is 45.1 Å². The molecule has 8 heteroatoms. The molecule has 1 aliphatic rings. The smallest absolute Gasteiger partial charge is 0.402 e. The van der Waals surface area contributed by atoms with Crippen molar-refractivity contribution in [2.75, 3.05) is 20.1 Å². The number of likely N-dealkylation sites (N-methyl/N-ethyl adjacent to an activating group) is 1. The van der Waals surface area contributed by atoms with Crippen molar-refractivity contribution in [1.29, 1.82) is 0 Å². The Bertz CT molecular complexity index is 590. The summed E-state index contributed by atoms with van der Waals surface area (Å²) in [7, 11) is 2.21. The van der Waals surface area contributed by atoms with Crippen molar-refractivity contribution in [3.63, 3.8) is 0 Å². The number of hydrogen-bond acceptors (Lipinski definition) is 5. The van der Waals surface area contributed by atoms with Crippen LogP contribution >= 0.6 is 0 Å². The maximum atomic E-state index is 9.68. The van der Waals surface area contributed by atoms with Gasteiger partial charge in [-0.05, 0) is 57.5 Å². The molecule has 2 unspecified atom stereocenters. The predicted octanol–water partition coefficient (Wildman–Crippen LogP) is 2.20. The molecule has 1 aliphatic heterocycles. The number of hydrogen-bond donors (Lipinski definition) is 5. The van der Waals surface area contributed by atoms with Gasteiger partial charge in [0, 0.05) is 12.0 Å². The quantitative estimate of drug-likeness (QED) is 0.537. The molecule has 1 saturated heterocycles. The summed E-state index contributed by atoms with van der Waals surface area (Å²) in [5, 5.41) is 24.7. The summed E-state index contributed by atoms with van der Waals surface area (Å²) in [5.74, 6) is -0.572. The highest BCUT2D eigenvalue weighted by molar-refractivity contribution is 5.72. The molecule has 0 spiro atoms. The zero-order chi connectivity index (χ0) is 21.0.